The highest BCUT2D eigenvalue weighted by Crippen LogP contribution is 2.41. The van der Waals surface area contributed by atoms with Crippen LogP contribution in [0, 0.1) is 6.92 Å². The van der Waals surface area contributed by atoms with E-state index in [0.717, 1.165) is 38.3 Å². The molecule has 2 unspecified atom stereocenters. The lowest BCUT2D eigenvalue weighted by atomic mass is 9.97. The van der Waals surface area contributed by atoms with E-state index in [9.17, 15) is 0 Å². The second-order valence-electron chi connectivity index (χ2n) is 17.5. The Hall–Kier alpha value is -4.04. The molecule has 3 saturated heterocycles. The Morgan fingerprint density at radius 2 is 1.07 bits per heavy atom. The Morgan fingerprint density at radius 3 is 1.63 bits per heavy atom. The fourth-order valence-corrected chi connectivity index (χ4v) is 10.4. The summed E-state index contributed by atoms with van der Waals surface area (Å²) in [6.45, 7) is 3.89. The third-order valence-electron chi connectivity index (χ3n) is 12.4. The zero-order valence-electron chi connectivity index (χ0n) is 39.4. The predicted octanol–water partition coefficient (Wildman–Crippen LogP) is 10.8. The van der Waals surface area contributed by atoms with Crippen LogP contribution in [0.25, 0.3) is 0 Å². The molecule has 0 bridgehead atoms. The Balaban J connectivity index is 1.07. The first kappa shape index (κ1) is 50.9. The molecule has 0 aromatic heterocycles. The van der Waals surface area contributed by atoms with Gasteiger partial charge in [0.05, 0.1) is 44.1 Å². The van der Waals surface area contributed by atoms with Gasteiger partial charge in [-0.15, -0.1) is 0 Å². The molecule has 3 aliphatic heterocycles. The molecule has 0 amide bonds. The van der Waals surface area contributed by atoms with Crippen LogP contribution in [0.4, 0.5) is 0 Å². The standard InChI is InChI=1S/C57H61IO11S/c1-39-28-30-45(31-29-39)70-57-54(51(62-35-42-22-12-5-13-23-42)49(61-34-41-20-10-4-11-21-41)46(66-57)37-60-33-40-18-8-3-9-19-40)68-48(32-58)67-52-50-47(38-64-55(69-50)44-26-16-7-17-27-44)65-56(59-2)53(52)63-36-43-24-14-6-15-25-43/h3-31,46-57H,32-38H2,1-2H3/t46-,47-,48?,49-,50+,51+,52+,53-,54-,55?,56+,57+/m1/s1. The number of halogens is 1. The number of aryl methyl sites for hydroxylation is 1. The second-order valence-corrected chi connectivity index (χ2v) is 19.6. The van der Waals surface area contributed by atoms with E-state index >= 15 is 0 Å². The first-order valence-corrected chi connectivity index (χ1v) is 26.3. The summed E-state index contributed by atoms with van der Waals surface area (Å²) in [4.78, 5) is 1.01. The molecule has 3 heterocycles. The van der Waals surface area contributed by atoms with Gasteiger partial charge in [0.2, 0.25) is 0 Å². The van der Waals surface area contributed by atoms with Crippen LogP contribution in [0.3, 0.4) is 0 Å². The first-order valence-electron chi connectivity index (χ1n) is 23.9. The van der Waals surface area contributed by atoms with Crippen molar-refractivity contribution in [2.24, 2.45) is 0 Å². The van der Waals surface area contributed by atoms with Gasteiger partial charge >= 0.3 is 0 Å². The van der Waals surface area contributed by atoms with Gasteiger partial charge in [-0.25, -0.2) is 0 Å². The molecule has 12 atom stereocenters. The number of thioether (sulfide) groups is 1. The van der Waals surface area contributed by atoms with Crippen LogP contribution < -0.4 is 0 Å². The van der Waals surface area contributed by atoms with Crippen molar-refractivity contribution in [3.05, 3.63) is 209 Å². The normalized spacial score (nSPS) is 27.1. The van der Waals surface area contributed by atoms with Gasteiger partial charge in [0.1, 0.15) is 54.3 Å². The number of fused-ring (bicyclic) bond motifs is 1. The molecule has 3 aliphatic rings. The summed E-state index contributed by atoms with van der Waals surface area (Å²) in [5.41, 5.74) is 5.53. The fraction of sp³-hybridized carbons (Fsp3) is 0.368. The van der Waals surface area contributed by atoms with Crippen molar-refractivity contribution in [2.75, 3.05) is 24.8 Å². The minimum atomic E-state index is -0.829. The molecule has 0 spiro atoms. The summed E-state index contributed by atoms with van der Waals surface area (Å²) >= 11 is 3.91. The lowest BCUT2D eigenvalue weighted by Crippen LogP contribution is -2.65. The highest BCUT2D eigenvalue weighted by atomic mass is 127. The molecule has 0 radical (unpaired) electrons. The van der Waals surface area contributed by atoms with Gasteiger partial charge in [0, 0.05) is 17.6 Å². The highest BCUT2D eigenvalue weighted by molar-refractivity contribution is 14.1. The Morgan fingerprint density at radius 1 is 0.557 bits per heavy atom. The van der Waals surface area contributed by atoms with Crippen molar-refractivity contribution in [3.8, 4) is 0 Å². The van der Waals surface area contributed by atoms with Crippen molar-refractivity contribution in [2.45, 2.75) is 111 Å². The average molecular weight is 1080 g/mol. The monoisotopic (exact) mass is 1080 g/mol. The van der Waals surface area contributed by atoms with Crippen LogP contribution in [-0.4, -0.2) is 91.6 Å². The Labute approximate surface area is 429 Å². The summed E-state index contributed by atoms with van der Waals surface area (Å²) in [6, 6.07) is 58.8. The molecule has 6 aromatic carbocycles. The van der Waals surface area contributed by atoms with Crippen molar-refractivity contribution >= 4 is 34.4 Å². The van der Waals surface area contributed by atoms with E-state index in [1.807, 2.05) is 115 Å². The maximum absolute atomic E-state index is 7.38. The molecule has 11 nitrogen and oxygen atoms in total. The van der Waals surface area contributed by atoms with Gasteiger partial charge in [0.25, 0.3) is 0 Å². The smallest absolute Gasteiger partial charge is 0.186 e. The summed E-state index contributed by atoms with van der Waals surface area (Å²) in [7, 11) is 1.61. The second kappa shape index (κ2) is 26.1. The number of methoxy groups -OCH3 is 1. The molecule has 0 saturated carbocycles. The minimum absolute atomic E-state index is 0.245. The van der Waals surface area contributed by atoms with Crippen molar-refractivity contribution in [1.29, 1.82) is 0 Å². The zero-order valence-corrected chi connectivity index (χ0v) is 42.4. The van der Waals surface area contributed by atoms with E-state index in [0.29, 0.717) is 24.2 Å². The van der Waals surface area contributed by atoms with E-state index in [1.54, 1.807) is 18.9 Å². The number of hydrogen-bond donors (Lipinski definition) is 0. The minimum Gasteiger partial charge on any atom is -0.374 e. The molecule has 70 heavy (non-hydrogen) atoms. The number of alkyl halides is 1. The quantitative estimate of drug-likeness (QED) is 0.0368. The highest BCUT2D eigenvalue weighted by Gasteiger charge is 2.54. The fourth-order valence-electron chi connectivity index (χ4n) is 8.86. The summed E-state index contributed by atoms with van der Waals surface area (Å²) in [5.74, 6) is 0. The molecule has 368 valence electrons. The molecule has 6 aromatic rings. The lowest BCUT2D eigenvalue weighted by Gasteiger charge is -2.50. The topological polar surface area (TPSA) is 102 Å². The predicted molar refractivity (Wildman–Crippen MR) is 275 cm³/mol. The van der Waals surface area contributed by atoms with Gasteiger partial charge in [-0.2, -0.15) is 0 Å². The van der Waals surface area contributed by atoms with Crippen molar-refractivity contribution < 1.29 is 52.1 Å². The van der Waals surface area contributed by atoms with Crippen molar-refractivity contribution in [1.82, 2.24) is 0 Å². The summed E-state index contributed by atoms with van der Waals surface area (Å²) in [6.07, 6.45) is -7.48. The van der Waals surface area contributed by atoms with E-state index in [1.165, 1.54) is 0 Å². The Bertz CT molecular complexity index is 2400. The average Bonchev–Trinajstić information content (AvgIpc) is 3.41. The third kappa shape index (κ3) is 13.7. The molecule has 0 aliphatic carbocycles. The van der Waals surface area contributed by atoms with Crippen LogP contribution in [0.5, 0.6) is 0 Å². The van der Waals surface area contributed by atoms with E-state index in [2.05, 4.69) is 90.2 Å². The number of ether oxygens (including phenoxy) is 11. The van der Waals surface area contributed by atoms with Gasteiger partial charge in [-0.3, -0.25) is 0 Å². The van der Waals surface area contributed by atoms with E-state index in [4.69, 9.17) is 52.1 Å². The van der Waals surface area contributed by atoms with Crippen LogP contribution in [0.1, 0.15) is 39.7 Å². The number of hydrogen-bond acceptors (Lipinski definition) is 12. The largest absolute Gasteiger partial charge is 0.374 e. The maximum atomic E-state index is 7.38. The van der Waals surface area contributed by atoms with Gasteiger partial charge < -0.3 is 52.1 Å². The molecule has 9 rings (SSSR count). The van der Waals surface area contributed by atoms with Crippen LogP contribution >= 0.6 is 34.4 Å². The van der Waals surface area contributed by atoms with E-state index in [-0.39, 0.29) is 19.8 Å². The zero-order chi connectivity index (χ0) is 47.9. The molecular formula is C57H61IO11S. The molecular weight excluding hydrogens is 1020 g/mol. The first-order chi connectivity index (χ1) is 34.5. The van der Waals surface area contributed by atoms with Crippen LogP contribution in [0.2, 0.25) is 0 Å². The molecule has 0 N–H and O–H groups in total. The number of benzene rings is 6. The summed E-state index contributed by atoms with van der Waals surface area (Å²) in [5, 5.41) is 0. The van der Waals surface area contributed by atoms with Gasteiger partial charge in [0.15, 0.2) is 18.9 Å². The van der Waals surface area contributed by atoms with Crippen molar-refractivity contribution in [3.63, 3.8) is 0 Å². The molecule has 13 heteroatoms. The Kier molecular flexibility index (Phi) is 19.0. The molecule has 3 fully saturated rings. The maximum Gasteiger partial charge on any atom is 0.186 e. The summed E-state index contributed by atoms with van der Waals surface area (Å²) < 4.78 is 75.4. The lowest BCUT2D eigenvalue weighted by molar-refractivity contribution is -0.383. The SMILES string of the molecule is CO[C@H]1O[C@@H]2COC(c3ccccc3)O[C@@H]2[C@H](OC(CI)O[C@@H]2[C@@H](OCc3ccccc3)[C@H](OCc3ccccc3)[C@@H](COCc3ccccc3)O[C@H]2Sc2ccc(C)cc2)[C@H]1OCc1ccccc1. The number of rotatable bonds is 22. The van der Waals surface area contributed by atoms with Gasteiger partial charge in [-0.05, 0) is 41.3 Å². The van der Waals surface area contributed by atoms with Gasteiger partial charge in [-0.1, -0.05) is 204 Å². The third-order valence-corrected chi connectivity index (χ3v) is 14.3. The van der Waals surface area contributed by atoms with Crippen LogP contribution in [0.15, 0.2) is 181 Å². The van der Waals surface area contributed by atoms with Crippen LogP contribution in [-0.2, 0) is 78.5 Å². The van der Waals surface area contributed by atoms with E-state index < -0.39 is 73.1 Å².